The molecule has 3 heterocycles. The molecule has 2 aromatic carbocycles. The van der Waals surface area contributed by atoms with Crippen molar-refractivity contribution < 1.29 is 8.42 Å². The molecule has 1 saturated heterocycles. The number of benzene rings is 2. The van der Waals surface area contributed by atoms with E-state index in [0.717, 1.165) is 47.2 Å². The number of piperidine rings is 1. The number of aryl methyl sites for hydroxylation is 2. The smallest absolute Gasteiger partial charge is 0.216 e. The van der Waals surface area contributed by atoms with Crippen LogP contribution in [0.2, 0.25) is 0 Å². The van der Waals surface area contributed by atoms with E-state index in [0.29, 0.717) is 6.54 Å². The van der Waals surface area contributed by atoms with Crippen molar-refractivity contribution in [1.29, 1.82) is 0 Å². The Morgan fingerprint density at radius 1 is 1.00 bits per heavy atom. The maximum Gasteiger partial charge on any atom is 0.216 e. The highest BCUT2D eigenvalue weighted by atomic mass is 32.2. The van der Waals surface area contributed by atoms with Crippen LogP contribution < -0.4 is 0 Å². The van der Waals surface area contributed by atoms with Crippen molar-refractivity contribution in [2.45, 2.75) is 31.8 Å². The Bertz CT molecular complexity index is 1310. The Kier molecular flexibility index (Phi) is 4.79. The zero-order chi connectivity index (χ0) is 20.7. The van der Waals surface area contributed by atoms with Crippen LogP contribution in [0.15, 0.2) is 48.5 Å². The number of hydrogen-bond acceptors (Lipinski definition) is 5. The second-order valence-corrected chi connectivity index (χ2v) is 9.80. The number of nitrogens with zero attached hydrogens (tertiary/aromatic N) is 6. The van der Waals surface area contributed by atoms with Gasteiger partial charge in [-0.1, -0.05) is 35.9 Å². The lowest BCUT2D eigenvalue weighted by molar-refractivity contribution is 0.243. The topological polar surface area (TPSA) is 85.9 Å². The lowest BCUT2D eigenvalue weighted by Crippen LogP contribution is -2.41. The Hall–Kier alpha value is -2.78. The van der Waals surface area contributed by atoms with E-state index in [9.17, 15) is 8.42 Å². The normalized spacial score (nSPS) is 18.4. The van der Waals surface area contributed by atoms with Crippen molar-refractivity contribution >= 4 is 32.1 Å². The highest BCUT2D eigenvalue weighted by Gasteiger charge is 2.35. The van der Waals surface area contributed by atoms with Gasteiger partial charge in [-0.25, -0.2) is 18.1 Å². The molecule has 0 unspecified atom stereocenters. The molecule has 5 rings (SSSR count). The van der Waals surface area contributed by atoms with E-state index in [1.54, 1.807) is 8.99 Å². The average Bonchev–Trinajstić information content (AvgIpc) is 3.34. The summed E-state index contributed by atoms with van der Waals surface area (Å²) >= 11 is 0. The van der Waals surface area contributed by atoms with Gasteiger partial charge in [0.15, 0.2) is 0 Å². The van der Waals surface area contributed by atoms with Gasteiger partial charge in [-0.15, -0.1) is 5.10 Å². The molecule has 0 N–H and O–H groups in total. The van der Waals surface area contributed by atoms with Gasteiger partial charge in [-0.05, 0) is 37.1 Å². The summed E-state index contributed by atoms with van der Waals surface area (Å²) in [5.74, 6) is 0.798. The number of fused-ring (bicyclic) bond motifs is 2. The van der Waals surface area contributed by atoms with Crippen molar-refractivity contribution in [3.8, 4) is 0 Å². The largest absolute Gasteiger partial charge is 0.330 e. The minimum absolute atomic E-state index is 0.0131. The molecule has 0 aliphatic carbocycles. The molecule has 2 aromatic heterocycles. The van der Waals surface area contributed by atoms with Crippen LogP contribution in [-0.2, 0) is 23.6 Å². The number of imidazole rings is 1. The van der Waals surface area contributed by atoms with Gasteiger partial charge >= 0.3 is 0 Å². The number of para-hydroxylation sites is 3. The zero-order valence-corrected chi connectivity index (χ0v) is 17.7. The van der Waals surface area contributed by atoms with E-state index in [1.165, 1.54) is 0 Å². The first kappa shape index (κ1) is 19.2. The minimum Gasteiger partial charge on any atom is -0.330 e. The van der Waals surface area contributed by atoms with Crippen LogP contribution in [0.25, 0.3) is 22.1 Å². The molecule has 0 bridgehead atoms. The highest BCUT2D eigenvalue weighted by Crippen LogP contribution is 2.34. The third-order valence-corrected chi connectivity index (χ3v) is 7.76. The van der Waals surface area contributed by atoms with Crippen molar-refractivity contribution in [3.63, 3.8) is 0 Å². The third-order valence-electron chi connectivity index (χ3n) is 5.91. The second kappa shape index (κ2) is 7.48. The van der Waals surface area contributed by atoms with Crippen LogP contribution in [0, 0.1) is 0 Å². The van der Waals surface area contributed by atoms with E-state index in [2.05, 4.69) is 10.3 Å². The molecule has 9 heteroatoms. The van der Waals surface area contributed by atoms with E-state index in [4.69, 9.17) is 4.98 Å². The SMILES string of the molecule is Cn1c([C@@H]2CCCCN2S(=O)(=O)CCn2nnc3ccccc32)nc2ccccc21. The molecule has 0 saturated carbocycles. The van der Waals surface area contributed by atoms with E-state index in [-0.39, 0.29) is 18.3 Å². The molecule has 8 nitrogen and oxygen atoms in total. The predicted octanol–water partition coefficient (Wildman–Crippen LogP) is 2.88. The van der Waals surface area contributed by atoms with Gasteiger partial charge < -0.3 is 4.57 Å². The van der Waals surface area contributed by atoms with E-state index >= 15 is 0 Å². The second-order valence-electron chi connectivity index (χ2n) is 7.76. The van der Waals surface area contributed by atoms with Crippen molar-refractivity contribution in [3.05, 3.63) is 54.4 Å². The first-order chi connectivity index (χ1) is 14.5. The molecule has 1 fully saturated rings. The Labute approximate surface area is 175 Å². The van der Waals surface area contributed by atoms with Crippen LogP contribution in [-0.4, -0.2) is 49.6 Å². The Morgan fingerprint density at radius 3 is 2.53 bits per heavy atom. The van der Waals surface area contributed by atoms with Crippen molar-refractivity contribution in [2.75, 3.05) is 12.3 Å². The van der Waals surface area contributed by atoms with Gasteiger partial charge in [0.25, 0.3) is 0 Å². The fourth-order valence-corrected chi connectivity index (χ4v) is 5.99. The summed E-state index contributed by atoms with van der Waals surface area (Å²) in [6.07, 6.45) is 2.64. The summed E-state index contributed by atoms with van der Waals surface area (Å²) in [6, 6.07) is 15.3. The summed E-state index contributed by atoms with van der Waals surface area (Å²) in [6.45, 7) is 0.795. The molecule has 1 atom stereocenters. The van der Waals surface area contributed by atoms with Gasteiger partial charge in [0.05, 0.1) is 34.9 Å². The summed E-state index contributed by atoms with van der Waals surface area (Å²) in [7, 11) is -1.52. The molecule has 1 aliphatic heterocycles. The molecule has 0 amide bonds. The monoisotopic (exact) mass is 424 g/mol. The Balaban J connectivity index is 1.43. The molecule has 156 valence electrons. The summed E-state index contributed by atoms with van der Waals surface area (Å²) in [5.41, 5.74) is 3.53. The average molecular weight is 425 g/mol. The maximum absolute atomic E-state index is 13.4. The molecular formula is C21H24N6O2S. The lowest BCUT2D eigenvalue weighted by Gasteiger charge is -2.34. The van der Waals surface area contributed by atoms with Gasteiger partial charge in [-0.3, -0.25) is 0 Å². The summed E-state index contributed by atoms with van der Waals surface area (Å²) in [5, 5.41) is 8.25. The highest BCUT2D eigenvalue weighted by molar-refractivity contribution is 7.89. The van der Waals surface area contributed by atoms with Gasteiger partial charge in [0, 0.05) is 13.6 Å². The first-order valence-electron chi connectivity index (χ1n) is 10.2. The molecule has 0 spiro atoms. The molecule has 30 heavy (non-hydrogen) atoms. The van der Waals surface area contributed by atoms with E-state index in [1.807, 2.05) is 60.1 Å². The van der Waals surface area contributed by atoms with Crippen molar-refractivity contribution in [1.82, 2.24) is 28.9 Å². The zero-order valence-electron chi connectivity index (χ0n) is 16.8. The fourth-order valence-electron chi connectivity index (χ4n) is 4.36. The van der Waals surface area contributed by atoms with Gasteiger partial charge in [0.2, 0.25) is 10.0 Å². The quantitative estimate of drug-likeness (QED) is 0.492. The molecule has 0 radical (unpaired) electrons. The standard InChI is InChI=1S/C21H24N6O2S/c1-25-18-10-4-2-8-16(18)22-21(25)20-12-6-7-13-27(20)30(28,29)15-14-26-19-11-5-3-9-17(19)23-24-26/h2-5,8-11,20H,6-7,12-15H2,1H3/t20-/m0/s1. The molecule has 4 aromatic rings. The van der Waals surface area contributed by atoms with E-state index < -0.39 is 10.0 Å². The van der Waals surface area contributed by atoms with Gasteiger partial charge in [-0.2, -0.15) is 4.31 Å². The van der Waals surface area contributed by atoms with Gasteiger partial charge in [0.1, 0.15) is 11.3 Å². The summed E-state index contributed by atoms with van der Waals surface area (Å²) in [4.78, 5) is 4.78. The van der Waals surface area contributed by atoms with Crippen LogP contribution in [0.4, 0.5) is 0 Å². The number of hydrogen-bond donors (Lipinski definition) is 0. The third kappa shape index (κ3) is 3.27. The maximum atomic E-state index is 13.4. The Morgan fingerprint density at radius 2 is 1.73 bits per heavy atom. The van der Waals surface area contributed by atoms with Crippen molar-refractivity contribution in [2.24, 2.45) is 7.05 Å². The minimum atomic E-state index is -3.49. The molecular weight excluding hydrogens is 400 g/mol. The molecule has 1 aliphatic rings. The van der Waals surface area contributed by atoms with Crippen LogP contribution in [0.3, 0.4) is 0 Å². The number of rotatable bonds is 5. The van der Waals surface area contributed by atoms with Crippen LogP contribution in [0.1, 0.15) is 31.1 Å². The predicted molar refractivity (Wildman–Crippen MR) is 115 cm³/mol. The van der Waals surface area contributed by atoms with Crippen LogP contribution in [0.5, 0.6) is 0 Å². The number of sulfonamides is 1. The summed E-state index contributed by atoms with van der Waals surface area (Å²) < 4.78 is 32.1. The number of aromatic nitrogens is 5. The first-order valence-corrected chi connectivity index (χ1v) is 11.8. The fraction of sp³-hybridized carbons (Fsp3) is 0.381. The van der Waals surface area contributed by atoms with Crippen LogP contribution >= 0.6 is 0 Å². The lowest BCUT2D eigenvalue weighted by atomic mass is 10.0.